The monoisotopic (exact) mass is 229 g/mol. The van der Waals surface area contributed by atoms with Crippen LogP contribution in [0.15, 0.2) is 18.2 Å². The van der Waals surface area contributed by atoms with Gasteiger partial charge >= 0.3 is 5.97 Å². The maximum Gasteiger partial charge on any atom is 0.325 e. The van der Waals surface area contributed by atoms with Gasteiger partial charge in [-0.25, -0.2) is 0 Å². The Morgan fingerprint density at radius 3 is 2.80 bits per heavy atom. The maximum atomic E-state index is 10.6. The van der Waals surface area contributed by atoms with Gasteiger partial charge in [-0.2, -0.15) is 0 Å². The third-order valence-electron chi connectivity index (χ3n) is 1.90. The summed E-state index contributed by atoms with van der Waals surface area (Å²) >= 11 is 5.83. The van der Waals surface area contributed by atoms with Gasteiger partial charge in [0.2, 0.25) is 0 Å². The van der Waals surface area contributed by atoms with Gasteiger partial charge < -0.3 is 15.2 Å². The third kappa shape index (κ3) is 3.02. The molecule has 1 aromatic carbocycles. The smallest absolute Gasteiger partial charge is 0.325 e. The van der Waals surface area contributed by atoms with E-state index in [4.69, 9.17) is 21.4 Å². The van der Waals surface area contributed by atoms with Crippen LogP contribution in [0.4, 0.5) is 5.69 Å². The average Bonchev–Trinajstić information content (AvgIpc) is 2.20. The number of rotatable bonds is 4. The number of nitrogens with one attached hydrogen (secondary N) is 1. The van der Waals surface area contributed by atoms with Crippen LogP contribution in [0.1, 0.15) is 6.92 Å². The minimum absolute atomic E-state index is 0.492. The summed E-state index contributed by atoms with van der Waals surface area (Å²) < 4.78 is 5.01. The van der Waals surface area contributed by atoms with Crippen molar-refractivity contribution in [3.05, 3.63) is 23.2 Å². The number of ether oxygens (including phenoxy) is 1. The number of hydrogen-bond donors (Lipinski definition) is 2. The first kappa shape index (κ1) is 11.7. The second kappa shape index (κ2) is 4.89. The molecule has 2 N–H and O–H groups in total. The molecule has 0 fully saturated rings. The maximum absolute atomic E-state index is 10.6. The van der Waals surface area contributed by atoms with Crippen molar-refractivity contribution in [1.82, 2.24) is 0 Å². The van der Waals surface area contributed by atoms with Crippen LogP contribution in [0, 0.1) is 0 Å². The number of methoxy groups -OCH3 is 1. The fourth-order valence-electron chi connectivity index (χ4n) is 1.06. The van der Waals surface area contributed by atoms with E-state index in [1.54, 1.807) is 25.1 Å². The van der Waals surface area contributed by atoms with E-state index >= 15 is 0 Å². The van der Waals surface area contributed by atoms with E-state index in [1.807, 2.05) is 0 Å². The lowest BCUT2D eigenvalue weighted by Crippen LogP contribution is -2.25. The van der Waals surface area contributed by atoms with Gasteiger partial charge in [-0.3, -0.25) is 4.79 Å². The molecular formula is C10H12ClNO3. The Bertz CT molecular complexity index is 368. The molecule has 1 rings (SSSR count). The minimum atomic E-state index is -0.913. The highest BCUT2D eigenvalue weighted by Crippen LogP contribution is 2.27. The van der Waals surface area contributed by atoms with Crippen molar-refractivity contribution in [1.29, 1.82) is 0 Å². The van der Waals surface area contributed by atoms with E-state index in [0.29, 0.717) is 16.5 Å². The van der Waals surface area contributed by atoms with Crippen molar-refractivity contribution in [3.8, 4) is 5.75 Å². The average molecular weight is 230 g/mol. The van der Waals surface area contributed by atoms with Crippen molar-refractivity contribution >= 4 is 23.3 Å². The predicted molar refractivity (Wildman–Crippen MR) is 58.7 cm³/mol. The number of carboxylic acids is 1. The molecule has 1 unspecified atom stereocenters. The van der Waals surface area contributed by atoms with Crippen LogP contribution in [0.3, 0.4) is 0 Å². The van der Waals surface area contributed by atoms with E-state index in [0.717, 1.165) is 0 Å². The Labute approximate surface area is 92.8 Å². The fraction of sp³-hybridized carbons (Fsp3) is 0.300. The van der Waals surface area contributed by atoms with Crippen molar-refractivity contribution in [2.75, 3.05) is 12.4 Å². The van der Waals surface area contributed by atoms with E-state index in [1.165, 1.54) is 7.11 Å². The number of carboxylic acid groups (broad SMARTS) is 1. The molecular weight excluding hydrogens is 218 g/mol. The van der Waals surface area contributed by atoms with Crippen molar-refractivity contribution in [3.63, 3.8) is 0 Å². The van der Waals surface area contributed by atoms with Crippen LogP contribution in [0.5, 0.6) is 5.75 Å². The zero-order valence-electron chi connectivity index (χ0n) is 8.45. The van der Waals surface area contributed by atoms with E-state index in [9.17, 15) is 4.79 Å². The molecule has 0 spiro atoms. The van der Waals surface area contributed by atoms with Crippen LogP contribution in [0.2, 0.25) is 5.02 Å². The molecule has 0 bridgehead atoms. The summed E-state index contributed by atoms with van der Waals surface area (Å²) in [5, 5.41) is 12.0. The molecule has 4 nitrogen and oxygen atoms in total. The standard InChI is InChI=1S/C10H12ClNO3/c1-6(10(13)14)12-7-3-4-8(11)9(5-7)15-2/h3-6,12H,1-2H3,(H,13,14). The van der Waals surface area contributed by atoms with Crippen LogP contribution >= 0.6 is 11.6 Å². The molecule has 1 aromatic rings. The van der Waals surface area contributed by atoms with Gasteiger partial charge in [-0.1, -0.05) is 11.6 Å². The summed E-state index contributed by atoms with van der Waals surface area (Å²) in [6.07, 6.45) is 0. The number of hydrogen-bond acceptors (Lipinski definition) is 3. The minimum Gasteiger partial charge on any atom is -0.495 e. The molecule has 15 heavy (non-hydrogen) atoms. The molecule has 1 atom stereocenters. The molecule has 5 heteroatoms. The van der Waals surface area contributed by atoms with Crippen molar-refractivity contribution in [2.45, 2.75) is 13.0 Å². The van der Waals surface area contributed by atoms with Gasteiger partial charge in [0, 0.05) is 11.8 Å². The SMILES string of the molecule is COc1cc(NC(C)C(=O)O)ccc1Cl. The van der Waals surface area contributed by atoms with Crippen LogP contribution in [0.25, 0.3) is 0 Å². The molecule has 0 saturated carbocycles. The zero-order valence-corrected chi connectivity index (χ0v) is 9.21. The number of benzene rings is 1. The number of halogens is 1. The van der Waals surface area contributed by atoms with Crippen molar-refractivity contribution < 1.29 is 14.6 Å². The number of carbonyl (C=O) groups is 1. The normalized spacial score (nSPS) is 11.9. The lowest BCUT2D eigenvalue weighted by atomic mass is 10.2. The summed E-state index contributed by atoms with van der Waals surface area (Å²) in [6, 6.07) is 4.35. The molecule has 0 amide bonds. The van der Waals surface area contributed by atoms with Gasteiger partial charge in [0.05, 0.1) is 12.1 Å². The predicted octanol–water partition coefficient (Wildman–Crippen LogP) is 2.23. The second-order valence-electron chi connectivity index (χ2n) is 3.05. The lowest BCUT2D eigenvalue weighted by molar-refractivity contribution is -0.137. The highest BCUT2D eigenvalue weighted by molar-refractivity contribution is 6.32. The summed E-state index contributed by atoms with van der Waals surface area (Å²) in [4.78, 5) is 10.6. The molecule has 82 valence electrons. The van der Waals surface area contributed by atoms with Gasteiger partial charge in [0.15, 0.2) is 0 Å². The fourth-order valence-corrected chi connectivity index (χ4v) is 1.26. The Hall–Kier alpha value is -1.42. The van der Waals surface area contributed by atoms with Crippen LogP contribution < -0.4 is 10.1 Å². The van der Waals surface area contributed by atoms with E-state index in [-0.39, 0.29) is 0 Å². The largest absolute Gasteiger partial charge is 0.495 e. The summed E-state index contributed by atoms with van der Waals surface area (Å²) in [6.45, 7) is 1.56. The zero-order chi connectivity index (χ0) is 11.4. The Kier molecular flexibility index (Phi) is 3.80. The van der Waals surface area contributed by atoms with Gasteiger partial charge in [-0.05, 0) is 19.1 Å². The molecule has 0 aliphatic carbocycles. The first-order valence-electron chi connectivity index (χ1n) is 4.37. The molecule has 0 aliphatic heterocycles. The molecule has 0 aromatic heterocycles. The Morgan fingerprint density at radius 2 is 2.27 bits per heavy atom. The van der Waals surface area contributed by atoms with Crippen LogP contribution in [-0.2, 0) is 4.79 Å². The third-order valence-corrected chi connectivity index (χ3v) is 2.22. The number of aliphatic carboxylic acids is 1. The molecule has 0 heterocycles. The first-order valence-corrected chi connectivity index (χ1v) is 4.75. The lowest BCUT2D eigenvalue weighted by Gasteiger charge is -2.12. The first-order chi connectivity index (χ1) is 7.04. The summed E-state index contributed by atoms with van der Waals surface area (Å²) in [5.74, 6) is -0.400. The highest BCUT2D eigenvalue weighted by Gasteiger charge is 2.10. The quantitative estimate of drug-likeness (QED) is 0.831. The molecule has 0 radical (unpaired) electrons. The molecule has 0 aliphatic rings. The van der Waals surface area contributed by atoms with E-state index < -0.39 is 12.0 Å². The second-order valence-corrected chi connectivity index (χ2v) is 3.46. The van der Waals surface area contributed by atoms with Crippen molar-refractivity contribution in [2.24, 2.45) is 0 Å². The van der Waals surface area contributed by atoms with Gasteiger partial charge in [0.1, 0.15) is 11.8 Å². The summed E-state index contributed by atoms with van der Waals surface area (Å²) in [5.41, 5.74) is 0.658. The Morgan fingerprint density at radius 1 is 1.60 bits per heavy atom. The van der Waals surface area contributed by atoms with Crippen LogP contribution in [-0.4, -0.2) is 24.2 Å². The van der Waals surface area contributed by atoms with Gasteiger partial charge in [-0.15, -0.1) is 0 Å². The van der Waals surface area contributed by atoms with E-state index in [2.05, 4.69) is 5.32 Å². The van der Waals surface area contributed by atoms with Gasteiger partial charge in [0.25, 0.3) is 0 Å². The number of anilines is 1. The highest BCUT2D eigenvalue weighted by atomic mass is 35.5. The Balaban J connectivity index is 2.83. The molecule has 0 saturated heterocycles. The topological polar surface area (TPSA) is 58.6 Å². The summed E-state index contributed by atoms with van der Waals surface area (Å²) in [7, 11) is 1.51.